The molecule has 0 radical (unpaired) electrons. The lowest BCUT2D eigenvalue weighted by atomic mass is 9.88. The number of methoxy groups -OCH3 is 1. The maximum absolute atomic E-state index is 14.3. The van der Waals surface area contributed by atoms with Gasteiger partial charge in [-0.15, -0.1) is 0 Å². The van der Waals surface area contributed by atoms with Crippen LogP contribution in [0.2, 0.25) is 10.0 Å². The van der Waals surface area contributed by atoms with Gasteiger partial charge < -0.3 is 19.9 Å². The van der Waals surface area contributed by atoms with Crippen molar-refractivity contribution in [3.63, 3.8) is 0 Å². The summed E-state index contributed by atoms with van der Waals surface area (Å²) in [5, 5.41) is 14.7. The zero-order valence-corrected chi connectivity index (χ0v) is 30.2. The van der Waals surface area contributed by atoms with Gasteiger partial charge in [0.15, 0.2) is 0 Å². The quantitative estimate of drug-likeness (QED) is 0.169. The minimum atomic E-state index is -1.13. The number of carbonyl (C=O) groups excluding carboxylic acids is 2. The predicted molar refractivity (Wildman–Crippen MR) is 196 cm³/mol. The predicted octanol–water partition coefficient (Wildman–Crippen LogP) is 7.01. The summed E-state index contributed by atoms with van der Waals surface area (Å²) in [6.45, 7) is 2.61. The Kier molecular flexibility index (Phi) is 12.3. The number of likely N-dealkylation sites (tertiary alicyclic amines) is 1. The molecule has 1 aliphatic rings. The molecule has 5 rings (SSSR count). The number of hydrogen-bond donors (Lipinski definition) is 1. The number of benzene rings is 4. The standard InChI is InChI=1S/C38H40Cl2N4O4S/c1-42-37(45)24-44(38(46)33-19-25(22-41)18-28-6-4-5-7-31(28)33)23-29(27-8-11-34(39)35(40)20-27)14-17-43-15-12-26(13-16-43)32-10-9-30(48-2)21-36(32)49(3)47/h4-11,18-21,26,29H,12-17,23-24H2,1-3H3,(H,42,45)/t29-,49-/m1/s1. The summed E-state index contributed by atoms with van der Waals surface area (Å²) in [4.78, 5) is 31.9. The van der Waals surface area contributed by atoms with Crippen molar-refractivity contribution >= 4 is 56.6 Å². The molecule has 256 valence electrons. The van der Waals surface area contributed by atoms with E-state index in [1.165, 1.54) is 0 Å². The SMILES string of the molecule is CNC(=O)CN(C[C@@H](CCN1CCC(c2ccc(OC)cc2[S@@](C)=O)CC1)c1ccc(Cl)c(Cl)c1)C(=O)c1cc(C#N)cc2ccccc12. The van der Waals surface area contributed by atoms with Gasteiger partial charge in [-0.1, -0.05) is 59.6 Å². The van der Waals surface area contributed by atoms with E-state index in [1.807, 2.05) is 54.6 Å². The molecule has 1 N–H and O–H groups in total. The Morgan fingerprint density at radius 2 is 1.82 bits per heavy atom. The average molecular weight is 720 g/mol. The molecule has 0 saturated carbocycles. The van der Waals surface area contributed by atoms with Gasteiger partial charge in [0.05, 0.1) is 46.1 Å². The van der Waals surface area contributed by atoms with E-state index in [1.54, 1.807) is 43.5 Å². The van der Waals surface area contributed by atoms with Crippen molar-refractivity contribution in [2.45, 2.75) is 36.0 Å². The Hall–Kier alpha value is -3.94. The van der Waals surface area contributed by atoms with Gasteiger partial charge in [0, 0.05) is 36.2 Å². The van der Waals surface area contributed by atoms with Crippen molar-refractivity contribution in [1.82, 2.24) is 15.1 Å². The van der Waals surface area contributed by atoms with Crippen LogP contribution in [0.15, 0.2) is 77.7 Å². The van der Waals surface area contributed by atoms with E-state index in [0.717, 1.165) is 53.9 Å². The first-order valence-corrected chi connectivity index (χ1v) is 18.5. The molecule has 0 aliphatic carbocycles. The fourth-order valence-electron chi connectivity index (χ4n) is 6.62. The summed E-state index contributed by atoms with van der Waals surface area (Å²) in [5.41, 5.74) is 2.78. The summed E-state index contributed by atoms with van der Waals surface area (Å²) in [6.07, 6.45) is 4.26. The van der Waals surface area contributed by atoms with E-state index >= 15 is 0 Å². The van der Waals surface area contributed by atoms with Gasteiger partial charge in [-0.2, -0.15) is 5.26 Å². The van der Waals surface area contributed by atoms with Crippen molar-refractivity contribution in [1.29, 1.82) is 5.26 Å². The van der Waals surface area contributed by atoms with Gasteiger partial charge in [-0.25, -0.2) is 0 Å². The molecule has 1 heterocycles. The first-order chi connectivity index (χ1) is 23.6. The second kappa shape index (κ2) is 16.6. The molecule has 1 fully saturated rings. The van der Waals surface area contributed by atoms with E-state index in [2.05, 4.69) is 16.3 Å². The van der Waals surface area contributed by atoms with Crippen LogP contribution in [-0.4, -0.2) is 79.0 Å². The third-order valence-electron chi connectivity index (χ3n) is 9.33. The van der Waals surface area contributed by atoms with Crippen LogP contribution >= 0.6 is 23.2 Å². The fourth-order valence-corrected chi connectivity index (χ4v) is 7.78. The topological polar surface area (TPSA) is 103 Å². The lowest BCUT2D eigenvalue weighted by molar-refractivity contribution is -0.121. The smallest absolute Gasteiger partial charge is 0.255 e. The summed E-state index contributed by atoms with van der Waals surface area (Å²) in [5.74, 6) is 0.213. The van der Waals surface area contributed by atoms with Crippen LogP contribution in [0.1, 0.15) is 58.1 Å². The zero-order valence-electron chi connectivity index (χ0n) is 27.9. The molecular weight excluding hydrogens is 679 g/mol. The summed E-state index contributed by atoms with van der Waals surface area (Å²) in [7, 11) is 2.03. The van der Waals surface area contributed by atoms with Crippen LogP contribution in [-0.2, 0) is 15.6 Å². The molecule has 11 heteroatoms. The summed E-state index contributed by atoms with van der Waals surface area (Å²) in [6, 6.07) is 24.4. The molecule has 1 aliphatic heterocycles. The Bertz CT molecular complexity index is 1900. The molecular formula is C38H40Cl2N4O4S. The van der Waals surface area contributed by atoms with Crippen molar-refractivity contribution < 1.29 is 18.5 Å². The van der Waals surface area contributed by atoms with Crippen molar-refractivity contribution in [2.24, 2.45) is 0 Å². The normalized spacial score (nSPS) is 14.9. The van der Waals surface area contributed by atoms with Crippen LogP contribution in [0.25, 0.3) is 10.8 Å². The minimum absolute atomic E-state index is 0.146. The first-order valence-electron chi connectivity index (χ1n) is 16.2. The molecule has 0 unspecified atom stereocenters. The van der Waals surface area contributed by atoms with Gasteiger partial charge in [-0.05, 0) is 103 Å². The Labute approximate surface area is 300 Å². The molecule has 0 spiro atoms. The van der Waals surface area contributed by atoms with E-state index < -0.39 is 10.8 Å². The van der Waals surface area contributed by atoms with Crippen LogP contribution in [0, 0.1) is 11.3 Å². The average Bonchev–Trinajstić information content (AvgIpc) is 3.13. The molecule has 0 aromatic heterocycles. The third-order valence-corrected chi connectivity index (χ3v) is 11.0. The first kappa shape index (κ1) is 36.3. The summed E-state index contributed by atoms with van der Waals surface area (Å²) < 4.78 is 17.9. The van der Waals surface area contributed by atoms with E-state index in [0.29, 0.717) is 44.6 Å². The van der Waals surface area contributed by atoms with Crippen LogP contribution in [0.4, 0.5) is 0 Å². The minimum Gasteiger partial charge on any atom is -0.497 e. The molecule has 1 saturated heterocycles. The van der Waals surface area contributed by atoms with E-state index in [9.17, 15) is 19.1 Å². The van der Waals surface area contributed by atoms with Crippen LogP contribution in [0.5, 0.6) is 5.75 Å². The number of carbonyl (C=O) groups is 2. The number of likely N-dealkylation sites (N-methyl/N-ethyl adjacent to an activating group) is 1. The number of ether oxygens (including phenoxy) is 1. The molecule has 8 nitrogen and oxygen atoms in total. The highest BCUT2D eigenvalue weighted by Gasteiger charge is 2.28. The fraction of sp³-hybridized carbons (Fsp3) is 0.342. The van der Waals surface area contributed by atoms with Crippen LogP contribution < -0.4 is 10.1 Å². The Morgan fingerprint density at radius 1 is 1.06 bits per heavy atom. The number of nitriles is 1. The second-order valence-corrected chi connectivity index (χ2v) is 14.5. The van der Waals surface area contributed by atoms with Crippen LogP contribution in [0.3, 0.4) is 0 Å². The number of nitrogens with one attached hydrogen (secondary N) is 1. The van der Waals surface area contributed by atoms with E-state index in [-0.39, 0.29) is 30.8 Å². The third kappa shape index (κ3) is 8.81. The van der Waals surface area contributed by atoms with Gasteiger partial charge in [-0.3, -0.25) is 13.8 Å². The molecule has 4 aromatic carbocycles. The Morgan fingerprint density at radius 3 is 2.49 bits per heavy atom. The zero-order chi connectivity index (χ0) is 35.1. The van der Waals surface area contributed by atoms with Gasteiger partial charge in [0.2, 0.25) is 5.91 Å². The number of hydrogen-bond acceptors (Lipinski definition) is 6. The molecule has 4 aromatic rings. The van der Waals surface area contributed by atoms with Crippen molar-refractivity contribution in [2.75, 3.05) is 53.1 Å². The van der Waals surface area contributed by atoms with Crippen molar-refractivity contribution in [3.05, 3.63) is 105 Å². The van der Waals surface area contributed by atoms with Gasteiger partial charge >= 0.3 is 0 Å². The van der Waals surface area contributed by atoms with Gasteiger partial charge in [0.1, 0.15) is 5.75 Å². The molecule has 0 bridgehead atoms. The molecule has 2 amide bonds. The number of nitrogens with zero attached hydrogens (tertiary/aromatic N) is 3. The number of amides is 2. The van der Waals surface area contributed by atoms with Crippen molar-refractivity contribution in [3.8, 4) is 11.8 Å². The second-order valence-electron chi connectivity index (χ2n) is 12.3. The highest BCUT2D eigenvalue weighted by atomic mass is 35.5. The maximum atomic E-state index is 14.3. The summed E-state index contributed by atoms with van der Waals surface area (Å²) >= 11 is 12.8. The van der Waals surface area contributed by atoms with E-state index in [4.69, 9.17) is 27.9 Å². The Balaban J connectivity index is 1.38. The van der Waals surface area contributed by atoms with Gasteiger partial charge in [0.25, 0.3) is 5.91 Å². The maximum Gasteiger partial charge on any atom is 0.255 e. The number of rotatable bonds is 12. The molecule has 49 heavy (non-hydrogen) atoms. The highest BCUT2D eigenvalue weighted by Crippen LogP contribution is 2.35. The highest BCUT2D eigenvalue weighted by molar-refractivity contribution is 7.84. The molecule has 2 atom stereocenters. The number of fused-ring (bicyclic) bond motifs is 1. The number of piperidine rings is 1. The number of halogens is 2. The lowest BCUT2D eigenvalue weighted by Gasteiger charge is -2.34. The monoisotopic (exact) mass is 718 g/mol. The lowest BCUT2D eigenvalue weighted by Crippen LogP contribution is -2.42. The largest absolute Gasteiger partial charge is 0.497 e.